The number of nitrogens with one attached hydrogen (secondary N) is 1. The number of aromatic nitrogens is 2. The molecule has 2 aromatic heterocycles. The van der Waals surface area contributed by atoms with Gasteiger partial charge in [0.2, 0.25) is 11.7 Å². The highest BCUT2D eigenvalue weighted by Gasteiger charge is 2.22. The Kier molecular flexibility index (Phi) is 2.77. The molecule has 3 heterocycles. The Morgan fingerprint density at radius 2 is 2.15 bits per heavy atom. The Balaban J connectivity index is 1.66. The maximum Gasteiger partial charge on any atom is 0.244 e. The molecule has 1 aliphatic heterocycles. The third-order valence-corrected chi connectivity index (χ3v) is 3.70. The average molecular weight is 269 g/mol. The van der Waals surface area contributed by atoms with Crippen LogP contribution in [0.25, 0.3) is 22.6 Å². The molecule has 3 aromatic rings. The molecule has 1 aliphatic rings. The van der Waals surface area contributed by atoms with Gasteiger partial charge in [0, 0.05) is 5.39 Å². The number of para-hydroxylation sites is 1. The normalized spacial score (nSPS) is 19.5. The van der Waals surface area contributed by atoms with Crippen LogP contribution in [0.15, 0.2) is 39.3 Å². The van der Waals surface area contributed by atoms with E-state index in [1.54, 1.807) is 0 Å². The first-order valence-corrected chi connectivity index (χ1v) is 6.96. The van der Waals surface area contributed by atoms with Gasteiger partial charge in [-0.15, -0.1) is 0 Å². The molecule has 0 saturated carbocycles. The average Bonchev–Trinajstić information content (AvgIpc) is 3.14. The molecule has 1 N–H and O–H groups in total. The molecule has 0 bridgehead atoms. The van der Waals surface area contributed by atoms with Crippen molar-refractivity contribution in [2.75, 3.05) is 6.54 Å². The van der Waals surface area contributed by atoms with E-state index < -0.39 is 0 Å². The van der Waals surface area contributed by atoms with Crippen LogP contribution in [0, 0.1) is 0 Å². The molecule has 1 atom stereocenters. The van der Waals surface area contributed by atoms with E-state index in [1.165, 1.54) is 12.8 Å². The van der Waals surface area contributed by atoms with Crippen molar-refractivity contribution in [2.24, 2.45) is 0 Å². The molecule has 1 aromatic carbocycles. The minimum absolute atomic E-state index is 0.175. The van der Waals surface area contributed by atoms with Crippen molar-refractivity contribution in [3.8, 4) is 11.6 Å². The highest BCUT2D eigenvalue weighted by molar-refractivity contribution is 5.81. The quantitative estimate of drug-likeness (QED) is 0.773. The Bertz CT molecular complexity index is 692. The zero-order valence-corrected chi connectivity index (χ0v) is 11.0. The molecule has 1 unspecified atom stereocenters. The predicted octanol–water partition coefficient (Wildman–Crippen LogP) is 3.30. The standard InChI is InChI=1S/C15H15N3O2/c1-2-7-12-10(5-1)9-13(19-12)14-17-15(20-18-14)11-6-3-4-8-16-11/h1-2,5,7,9,11,16H,3-4,6,8H2. The smallest absolute Gasteiger partial charge is 0.244 e. The minimum Gasteiger partial charge on any atom is -0.453 e. The van der Waals surface area contributed by atoms with Crippen LogP contribution in [0.3, 0.4) is 0 Å². The van der Waals surface area contributed by atoms with Crippen LogP contribution < -0.4 is 5.32 Å². The summed E-state index contributed by atoms with van der Waals surface area (Å²) in [4.78, 5) is 4.47. The zero-order valence-electron chi connectivity index (χ0n) is 11.0. The number of nitrogens with zero attached hydrogens (tertiary/aromatic N) is 2. The van der Waals surface area contributed by atoms with Gasteiger partial charge in [-0.1, -0.05) is 29.8 Å². The van der Waals surface area contributed by atoms with Gasteiger partial charge in [-0.3, -0.25) is 0 Å². The first-order chi connectivity index (χ1) is 9.90. The fraction of sp³-hybridized carbons (Fsp3) is 0.333. The van der Waals surface area contributed by atoms with Crippen LogP contribution in [0.5, 0.6) is 0 Å². The third kappa shape index (κ3) is 2.00. The topological polar surface area (TPSA) is 64.1 Å². The van der Waals surface area contributed by atoms with E-state index in [9.17, 15) is 0 Å². The van der Waals surface area contributed by atoms with E-state index in [1.807, 2.05) is 30.3 Å². The number of rotatable bonds is 2. The minimum atomic E-state index is 0.175. The van der Waals surface area contributed by atoms with Gasteiger partial charge in [-0.2, -0.15) is 4.98 Å². The van der Waals surface area contributed by atoms with Crippen molar-refractivity contribution in [1.82, 2.24) is 15.5 Å². The highest BCUT2D eigenvalue weighted by Crippen LogP contribution is 2.28. The van der Waals surface area contributed by atoms with Crippen molar-refractivity contribution in [1.29, 1.82) is 0 Å². The van der Waals surface area contributed by atoms with Gasteiger partial charge in [0.15, 0.2) is 5.76 Å². The Hall–Kier alpha value is -2.14. The largest absolute Gasteiger partial charge is 0.453 e. The van der Waals surface area contributed by atoms with Crippen LogP contribution in [0.1, 0.15) is 31.2 Å². The van der Waals surface area contributed by atoms with Crippen LogP contribution >= 0.6 is 0 Å². The zero-order chi connectivity index (χ0) is 13.4. The van der Waals surface area contributed by atoms with Crippen molar-refractivity contribution in [3.05, 3.63) is 36.2 Å². The van der Waals surface area contributed by atoms with Gasteiger partial charge in [0.25, 0.3) is 0 Å². The summed E-state index contributed by atoms with van der Waals surface area (Å²) >= 11 is 0. The summed E-state index contributed by atoms with van der Waals surface area (Å²) in [5, 5.41) is 8.48. The van der Waals surface area contributed by atoms with E-state index in [0.29, 0.717) is 17.5 Å². The van der Waals surface area contributed by atoms with E-state index in [0.717, 1.165) is 23.9 Å². The number of benzene rings is 1. The predicted molar refractivity (Wildman–Crippen MR) is 74.1 cm³/mol. The first kappa shape index (κ1) is 11.7. The van der Waals surface area contributed by atoms with Crippen molar-refractivity contribution >= 4 is 11.0 Å². The lowest BCUT2D eigenvalue weighted by Gasteiger charge is -2.19. The first-order valence-electron chi connectivity index (χ1n) is 6.96. The number of hydrogen-bond acceptors (Lipinski definition) is 5. The van der Waals surface area contributed by atoms with Crippen molar-refractivity contribution < 1.29 is 8.94 Å². The number of hydrogen-bond donors (Lipinski definition) is 1. The molecular weight excluding hydrogens is 254 g/mol. The summed E-state index contributed by atoms with van der Waals surface area (Å²) < 4.78 is 11.1. The second-order valence-electron chi connectivity index (χ2n) is 5.11. The summed E-state index contributed by atoms with van der Waals surface area (Å²) in [6, 6.07) is 9.99. The van der Waals surface area contributed by atoms with Crippen LogP contribution in [-0.4, -0.2) is 16.7 Å². The molecule has 0 radical (unpaired) electrons. The molecule has 1 fully saturated rings. The monoisotopic (exact) mass is 269 g/mol. The van der Waals surface area contributed by atoms with E-state index >= 15 is 0 Å². The molecule has 0 aliphatic carbocycles. The van der Waals surface area contributed by atoms with Crippen molar-refractivity contribution in [2.45, 2.75) is 25.3 Å². The van der Waals surface area contributed by atoms with Gasteiger partial charge in [-0.05, 0) is 31.5 Å². The lowest BCUT2D eigenvalue weighted by atomic mass is 10.1. The van der Waals surface area contributed by atoms with Gasteiger partial charge in [0.1, 0.15) is 5.58 Å². The SMILES string of the molecule is c1ccc2oc(-c3noc(C4CCCCN4)n3)cc2c1. The van der Waals surface area contributed by atoms with E-state index in [-0.39, 0.29) is 6.04 Å². The van der Waals surface area contributed by atoms with Gasteiger partial charge >= 0.3 is 0 Å². The number of piperidine rings is 1. The second kappa shape index (κ2) is 4.76. The maximum absolute atomic E-state index is 5.75. The molecule has 20 heavy (non-hydrogen) atoms. The van der Waals surface area contributed by atoms with Crippen LogP contribution in [0.2, 0.25) is 0 Å². The maximum atomic E-state index is 5.75. The van der Waals surface area contributed by atoms with E-state index in [4.69, 9.17) is 8.94 Å². The molecule has 0 spiro atoms. The molecule has 5 nitrogen and oxygen atoms in total. The van der Waals surface area contributed by atoms with Crippen LogP contribution in [-0.2, 0) is 0 Å². The Labute approximate surface area is 116 Å². The number of furan rings is 1. The molecule has 4 rings (SSSR count). The number of fused-ring (bicyclic) bond motifs is 1. The summed E-state index contributed by atoms with van der Waals surface area (Å²) in [6.45, 7) is 1.01. The molecule has 5 heteroatoms. The Morgan fingerprint density at radius 1 is 1.20 bits per heavy atom. The van der Waals surface area contributed by atoms with E-state index in [2.05, 4.69) is 15.5 Å². The van der Waals surface area contributed by atoms with Gasteiger partial charge in [-0.25, -0.2) is 0 Å². The van der Waals surface area contributed by atoms with Gasteiger partial charge in [0.05, 0.1) is 6.04 Å². The Morgan fingerprint density at radius 3 is 3.00 bits per heavy atom. The lowest BCUT2D eigenvalue weighted by Crippen LogP contribution is -2.26. The van der Waals surface area contributed by atoms with Crippen molar-refractivity contribution in [3.63, 3.8) is 0 Å². The van der Waals surface area contributed by atoms with Gasteiger partial charge < -0.3 is 14.3 Å². The molecule has 1 saturated heterocycles. The third-order valence-electron chi connectivity index (χ3n) is 3.70. The highest BCUT2D eigenvalue weighted by atomic mass is 16.5. The fourth-order valence-electron chi connectivity index (χ4n) is 2.63. The summed E-state index contributed by atoms with van der Waals surface area (Å²) in [5.74, 6) is 1.82. The fourth-order valence-corrected chi connectivity index (χ4v) is 2.63. The summed E-state index contributed by atoms with van der Waals surface area (Å²) in [6.07, 6.45) is 3.45. The second-order valence-corrected chi connectivity index (χ2v) is 5.11. The molecule has 0 amide bonds. The molecular formula is C15H15N3O2. The molecule has 102 valence electrons. The summed E-state index contributed by atoms with van der Waals surface area (Å²) in [5.41, 5.74) is 0.838. The lowest BCUT2D eigenvalue weighted by molar-refractivity contribution is 0.297. The summed E-state index contributed by atoms with van der Waals surface area (Å²) in [7, 11) is 0. The van der Waals surface area contributed by atoms with Crippen LogP contribution in [0.4, 0.5) is 0 Å².